The molecule has 0 saturated carbocycles. The van der Waals surface area contributed by atoms with Gasteiger partial charge in [0, 0.05) is 0 Å². The maximum absolute atomic E-state index is 5.27. The van der Waals surface area contributed by atoms with E-state index in [0.29, 0.717) is 0 Å². The fraction of sp³-hybridized carbons (Fsp3) is 0.222. The second-order valence-corrected chi connectivity index (χ2v) is 7.87. The van der Waals surface area contributed by atoms with E-state index in [9.17, 15) is 0 Å². The van der Waals surface area contributed by atoms with Crippen LogP contribution < -0.4 is 0 Å². The Kier molecular flexibility index (Phi) is 4.66. The molecule has 3 aromatic rings. The molecule has 2 aliphatic rings. The lowest BCUT2D eigenvalue weighted by molar-refractivity contribution is 0.775. The molecular weight excluding hydrogens is 338 g/mol. The summed E-state index contributed by atoms with van der Waals surface area (Å²) in [4.78, 5) is 5.27. The third-order valence-electron chi connectivity index (χ3n) is 5.85. The normalized spacial score (nSPS) is 18.7. The Morgan fingerprint density at radius 1 is 0.571 bits per heavy atom. The molecule has 0 unspecified atom stereocenters. The second-order valence-electron chi connectivity index (χ2n) is 7.87. The summed E-state index contributed by atoms with van der Waals surface area (Å²) >= 11 is 0. The van der Waals surface area contributed by atoms with Crippen molar-refractivity contribution in [3.63, 3.8) is 0 Å². The fourth-order valence-corrected chi connectivity index (χ4v) is 4.50. The lowest BCUT2D eigenvalue weighted by Crippen LogP contribution is -2.12. The molecule has 2 aliphatic carbocycles. The van der Waals surface area contributed by atoms with Crippen molar-refractivity contribution >= 4 is 23.3 Å². The van der Waals surface area contributed by atoms with Gasteiger partial charge in [0.15, 0.2) is 0 Å². The van der Waals surface area contributed by atoms with E-state index in [1.54, 1.807) is 0 Å². The number of benzene rings is 2. The standard InChI is InChI=1S/C27H25N/c1-3-9-20(10-4-1)17-22-13-7-15-24-19-25-16-8-14-23(27(25)28-26(22)24)18-21-11-5-2-6-12-21/h1-6,9-12,17-19H,7-8,13-16H2/b22-17-,23-18+. The van der Waals surface area contributed by atoms with Crippen LogP contribution in [0, 0.1) is 0 Å². The van der Waals surface area contributed by atoms with Crippen molar-refractivity contribution in [2.75, 3.05) is 0 Å². The summed E-state index contributed by atoms with van der Waals surface area (Å²) < 4.78 is 0. The number of aryl methyl sites for hydroxylation is 2. The second kappa shape index (κ2) is 7.59. The van der Waals surface area contributed by atoms with Crippen molar-refractivity contribution in [1.82, 2.24) is 4.98 Å². The number of aromatic nitrogens is 1. The molecule has 0 amide bonds. The van der Waals surface area contributed by atoms with E-state index in [1.165, 1.54) is 57.6 Å². The molecule has 1 nitrogen and oxygen atoms in total. The van der Waals surface area contributed by atoms with Crippen molar-refractivity contribution in [1.29, 1.82) is 0 Å². The van der Waals surface area contributed by atoms with Gasteiger partial charge in [0.1, 0.15) is 0 Å². The molecule has 0 N–H and O–H groups in total. The van der Waals surface area contributed by atoms with Crippen molar-refractivity contribution in [3.8, 4) is 0 Å². The van der Waals surface area contributed by atoms with Crippen LogP contribution in [0.2, 0.25) is 0 Å². The van der Waals surface area contributed by atoms with Gasteiger partial charge in [-0.15, -0.1) is 0 Å². The highest BCUT2D eigenvalue weighted by molar-refractivity contribution is 5.86. The van der Waals surface area contributed by atoms with Crippen molar-refractivity contribution < 1.29 is 0 Å². The van der Waals surface area contributed by atoms with Crippen LogP contribution in [-0.4, -0.2) is 4.98 Å². The first-order valence-electron chi connectivity index (χ1n) is 10.4. The highest BCUT2D eigenvalue weighted by atomic mass is 14.7. The SMILES string of the molecule is C(=C1\CCCc2cc3c(nc21)/C(=C/c1ccccc1)CCC3)/c1ccccc1. The molecule has 0 fully saturated rings. The maximum Gasteiger partial charge on any atom is 0.0701 e. The topological polar surface area (TPSA) is 12.9 Å². The lowest BCUT2D eigenvalue weighted by atomic mass is 9.84. The van der Waals surface area contributed by atoms with E-state index in [0.717, 1.165) is 25.7 Å². The molecule has 5 rings (SSSR count). The highest BCUT2D eigenvalue weighted by Gasteiger charge is 2.22. The maximum atomic E-state index is 5.27. The van der Waals surface area contributed by atoms with E-state index in [4.69, 9.17) is 4.98 Å². The fourth-order valence-electron chi connectivity index (χ4n) is 4.50. The molecule has 0 aliphatic heterocycles. The molecule has 1 aromatic heterocycles. The number of pyridine rings is 1. The van der Waals surface area contributed by atoms with Gasteiger partial charge in [0.05, 0.1) is 11.4 Å². The van der Waals surface area contributed by atoms with Crippen LogP contribution in [0.3, 0.4) is 0 Å². The average molecular weight is 364 g/mol. The molecule has 1 heteroatoms. The van der Waals surface area contributed by atoms with Gasteiger partial charge in [0.2, 0.25) is 0 Å². The summed E-state index contributed by atoms with van der Waals surface area (Å²) in [5, 5.41) is 0. The number of nitrogens with zero attached hydrogens (tertiary/aromatic N) is 1. The largest absolute Gasteiger partial charge is 0.248 e. The van der Waals surface area contributed by atoms with Crippen LogP contribution >= 0.6 is 0 Å². The van der Waals surface area contributed by atoms with E-state index in [1.807, 2.05) is 0 Å². The van der Waals surface area contributed by atoms with E-state index < -0.39 is 0 Å². The molecule has 2 aromatic carbocycles. The Balaban J connectivity index is 1.60. The molecule has 0 spiro atoms. The first-order chi connectivity index (χ1) is 13.9. The van der Waals surface area contributed by atoms with Gasteiger partial charge in [0.25, 0.3) is 0 Å². The molecule has 1 heterocycles. The Labute approximate surface area is 167 Å². The van der Waals surface area contributed by atoms with Gasteiger partial charge in [-0.25, -0.2) is 4.98 Å². The van der Waals surface area contributed by atoms with Crippen LogP contribution in [-0.2, 0) is 12.8 Å². The average Bonchev–Trinajstić information content (AvgIpc) is 2.75. The summed E-state index contributed by atoms with van der Waals surface area (Å²) in [6, 6.07) is 23.8. The van der Waals surface area contributed by atoms with Crippen molar-refractivity contribution in [3.05, 3.63) is 100 Å². The quantitative estimate of drug-likeness (QED) is 0.486. The van der Waals surface area contributed by atoms with Crippen LogP contribution in [0.5, 0.6) is 0 Å². The summed E-state index contributed by atoms with van der Waals surface area (Å²) in [6.07, 6.45) is 11.6. The van der Waals surface area contributed by atoms with Crippen molar-refractivity contribution in [2.45, 2.75) is 38.5 Å². The molecular formula is C27H25N. The van der Waals surface area contributed by atoms with Gasteiger partial charge in [-0.2, -0.15) is 0 Å². The van der Waals surface area contributed by atoms with E-state index in [-0.39, 0.29) is 0 Å². The van der Waals surface area contributed by atoms with Crippen LogP contribution in [0.1, 0.15) is 59.3 Å². The number of allylic oxidation sites excluding steroid dienone is 2. The predicted octanol–water partition coefficient (Wildman–Crippen LogP) is 6.84. The van der Waals surface area contributed by atoms with Gasteiger partial charge in [-0.05, 0) is 84.1 Å². The molecule has 0 radical (unpaired) electrons. The third kappa shape index (κ3) is 3.45. The Hall–Kier alpha value is -2.93. The van der Waals surface area contributed by atoms with Crippen LogP contribution in [0.25, 0.3) is 23.3 Å². The number of hydrogen-bond acceptors (Lipinski definition) is 1. The van der Waals surface area contributed by atoms with E-state index in [2.05, 4.69) is 78.9 Å². The lowest BCUT2D eigenvalue weighted by Gasteiger charge is -2.25. The van der Waals surface area contributed by atoms with Crippen LogP contribution in [0.4, 0.5) is 0 Å². The van der Waals surface area contributed by atoms with Gasteiger partial charge < -0.3 is 0 Å². The minimum atomic E-state index is 1.12. The zero-order chi connectivity index (χ0) is 18.8. The number of fused-ring (bicyclic) bond motifs is 2. The van der Waals surface area contributed by atoms with Crippen LogP contribution in [0.15, 0.2) is 66.7 Å². The molecule has 0 bridgehead atoms. The zero-order valence-electron chi connectivity index (χ0n) is 16.2. The van der Waals surface area contributed by atoms with Gasteiger partial charge in [-0.1, -0.05) is 66.7 Å². The summed E-state index contributed by atoms with van der Waals surface area (Å²) in [5.41, 5.74) is 10.7. The van der Waals surface area contributed by atoms with Crippen molar-refractivity contribution in [2.24, 2.45) is 0 Å². The monoisotopic (exact) mass is 363 g/mol. The Morgan fingerprint density at radius 2 is 1.04 bits per heavy atom. The Bertz CT molecular complexity index is 960. The smallest absolute Gasteiger partial charge is 0.0701 e. The van der Waals surface area contributed by atoms with Gasteiger partial charge >= 0.3 is 0 Å². The predicted molar refractivity (Wildman–Crippen MR) is 119 cm³/mol. The third-order valence-corrected chi connectivity index (χ3v) is 5.85. The first kappa shape index (κ1) is 17.2. The molecule has 138 valence electrons. The van der Waals surface area contributed by atoms with Gasteiger partial charge in [-0.3, -0.25) is 0 Å². The first-order valence-corrected chi connectivity index (χ1v) is 10.4. The number of hydrogen-bond donors (Lipinski definition) is 0. The highest BCUT2D eigenvalue weighted by Crippen LogP contribution is 2.37. The van der Waals surface area contributed by atoms with E-state index >= 15 is 0 Å². The molecule has 28 heavy (non-hydrogen) atoms. The number of rotatable bonds is 2. The molecule has 0 atom stereocenters. The minimum absolute atomic E-state index is 1.12. The Morgan fingerprint density at radius 3 is 1.50 bits per heavy atom. The zero-order valence-corrected chi connectivity index (χ0v) is 16.2. The summed E-state index contributed by atoms with van der Waals surface area (Å²) in [5.74, 6) is 0. The summed E-state index contributed by atoms with van der Waals surface area (Å²) in [7, 11) is 0. The summed E-state index contributed by atoms with van der Waals surface area (Å²) in [6.45, 7) is 0. The minimum Gasteiger partial charge on any atom is -0.248 e. The molecule has 0 saturated heterocycles.